The monoisotopic (exact) mass is 246 g/mol. The zero-order chi connectivity index (χ0) is 13.1. The van der Waals surface area contributed by atoms with Gasteiger partial charge in [0.15, 0.2) is 0 Å². The molecule has 17 heavy (non-hydrogen) atoms. The molecule has 2 N–H and O–H groups in total. The summed E-state index contributed by atoms with van der Waals surface area (Å²) in [5.41, 5.74) is 0. The summed E-state index contributed by atoms with van der Waals surface area (Å²) in [5, 5.41) is 5.91. The maximum atomic E-state index is 11.4. The van der Waals surface area contributed by atoms with Crippen LogP contribution in [-0.2, 0) is 14.3 Å². The molecule has 0 saturated heterocycles. The minimum atomic E-state index is -0.0107. The lowest BCUT2D eigenvalue weighted by atomic mass is 10.1. The fourth-order valence-corrected chi connectivity index (χ4v) is 1.31. The van der Waals surface area contributed by atoms with E-state index in [4.69, 9.17) is 9.47 Å². The van der Waals surface area contributed by atoms with E-state index in [1.807, 2.05) is 0 Å². The predicted octanol–water partition coefficient (Wildman–Crippen LogP) is 0.400. The van der Waals surface area contributed by atoms with Crippen LogP contribution in [0.25, 0.3) is 0 Å². The molecule has 102 valence electrons. The third kappa shape index (κ3) is 10.2. The van der Waals surface area contributed by atoms with Gasteiger partial charge in [-0.1, -0.05) is 13.8 Å². The summed E-state index contributed by atoms with van der Waals surface area (Å²) in [6.45, 7) is 6.47. The Bertz CT molecular complexity index is 198. The summed E-state index contributed by atoms with van der Waals surface area (Å²) in [5.74, 6) is 0.640. The van der Waals surface area contributed by atoms with E-state index < -0.39 is 0 Å². The molecule has 0 heterocycles. The maximum absolute atomic E-state index is 11.4. The molecule has 0 aliphatic heterocycles. The Morgan fingerprint density at radius 1 is 1.29 bits per heavy atom. The first-order valence-corrected chi connectivity index (χ1v) is 6.09. The van der Waals surface area contributed by atoms with Gasteiger partial charge in [0.1, 0.15) is 0 Å². The van der Waals surface area contributed by atoms with Crippen molar-refractivity contribution in [2.24, 2.45) is 5.92 Å². The van der Waals surface area contributed by atoms with Crippen molar-refractivity contribution in [2.75, 3.05) is 40.5 Å². The van der Waals surface area contributed by atoms with E-state index >= 15 is 0 Å². The molecule has 0 spiro atoms. The highest BCUT2D eigenvalue weighted by Gasteiger charge is 2.07. The molecule has 5 nitrogen and oxygen atoms in total. The van der Waals surface area contributed by atoms with Gasteiger partial charge >= 0.3 is 0 Å². The molecule has 0 aliphatic carbocycles. The van der Waals surface area contributed by atoms with Gasteiger partial charge in [-0.15, -0.1) is 0 Å². The topological polar surface area (TPSA) is 59.6 Å². The SMILES string of the molecule is COCC(CNCC(=O)NCCC(C)C)OC. The van der Waals surface area contributed by atoms with Crippen LogP contribution in [0.3, 0.4) is 0 Å². The molecule has 1 unspecified atom stereocenters. The molecule has 1 atom stereocenters. The highest BCUT2D eigenvalue weighted by molar-refractivity contribution is 5.77. The molecule has 0 aromatic rings. The average Bonchev–Trinajstić information content (AvgIpc) is 2.27. The number of nitrogens with one attached hydrogen (secondary N) is 2. The van der Waals surface area contributed by atoms with Crippen LogP contribution in [0.2, 0.25) is 0 Å². The van der Waals surface area contributed by atoms with Crippen molar-refractivity contribution in [3.63, 3.8) is 0 Å². The Kier molecular flexibility index (Phi) is 10.1. The number of rotatable bonds is 10. The Labute approximate surface area is 104 Å². The van der Waals surface area contributed by atoms with Gasteiger partial charge in [-0.25, -0.2) is 0 Å². The van der Waals surface area contributed by atoms with Crippen LogP contribution in [0.4, 0.5) is 0 Å². The summed E-state index contributed by atoms with van der Waals surface area (Å²) in [7, 11) is 3.26. The van der Waals surface area contributed by atoms with Gasteiger partial charge in [-0.2, -0.15) is 0 Å². The molecule has 0 rings (SSSR count). The van der Waals surface area contributed by atoms with Gasteiger partial charge in [0.2, 0.25) is 5.91 Å². The standard InChI is InChI=1S/C12H26N2O3/c1-10(2)5-6-14-12(15)8-13-7-11(17-4)9-16-3/h10-11,13H,5-9H2,1-4H3,(H,14,15). The minimum Gasteiger partial charge on any atom is -0.382 e. The van der Waals surface area contributed by atoms with Gasteiger partial charge in [-0.3, -0.25) is 4.79 Å². The quantitative estimate of drug-likeness (QED) is 0.586. The minimum absolute atomic E-state index is 0.0107. The first-order valence-electron chi connectivity index (χ1n) is 6.09. The van der Waals surface area contributed by atoms with Crippen molar-refractivity contribution in [3.05, 3.63) is 0 Å². The van der Waals surface area contributed by atoms with Crippen molar-refractivity contribution < 1.29 is 14.3 Å². The number of carbonyl (C=O) groups is 1. The van der Waals surface area contributed by atoms with Crippen molar-refractivity contribution in [3.8, 4) is 0 Å². The van der Waals surface area contributed by atoms with Crippen molar-refractivity contribution in [2.45, 2.75) is 26.4 Å². The first-order chi connectivity index (χ1) is 8.10. The second kappa shape index (κ2) is 10.5. The molecule has 0 fully saturated rings. The Morgan fingerprint density at radius 2 is 2.00 bits per heavy atom. The maximum Gasteiger partial charge on any atom is 0.233 e. The van der Waals surface area contributed by atoms with Crippen LogP contribution in [-0.4, -0.2) is 52.5 Å². The molecule has 0 radical (unpaired) electrons. The second-order valence-electron chi connectivity index (χ2n) is 4.48. The molecular weight excluding hydrogens is 220 g/mol. The average molecular weight is 246 g/mol. The smallest absolute Gasteiger partial charge is 0.233 e. The molecule has 0 saturated carbocycles. The van der Waals surface area contributed by atoms with Crippen molar-refractivity contribution >= 4 is 5.91 Å². The fraction of sp³-hybridized carbons (Fsp3) is 0.917. The number of amides is 1. The van der Waals surface area contributed by atoms with Crippen LogP contribution in [0, 0.1) is 5.92 Å². The third-order valence-corrected chi connectivity index (χ3v) is 2.39. The van der Waals surface area contributed by atoms with Gasteiger partial charge in [-0.05, 0) is 12.3 Å². The van der Waals surface area contributed by atoms with Crippen LogP contribution in [0.1, 0.15) is 20.3 Å². The van der Waals surface area contributed by atoms with E-state index in [0.717, 1.165) is 13.0 Å². The van der Waals surface area contributed by atoms with E-state index in [1.54, 1.807) is 14.2 Å². The van der Waals surface area contributed by atoms with E-state index in [1.165, 1.54) is 0 Å². The molecule has 0 bridgehead atoms. The largest absolute Gasteiger partial charge is 0.382 e. The molecular formula is C12H26N2O3. The van der Waals surface area contributed by atoms with E-state index in [-0.39, 0.29) is 12.0 Å². The highest BCUT2D eigenvalue weighted by atomic mass is 16.5. The zero-order valence-corrected chi connectivity index (χ0v) is 11.4. The third-order valence-electron chi connectivity index (χ3n) is 2.39. The van der Waals surface area contributed by atoms with Crippen LogP contribution >= 0.6 is 0 Å². The molecule has 0 aromatic heterocycles. The summed E-state index contributed by atoms with van der Waals surface area (Å²) in [6.07, 6.45) is 0.999. The Hall–Kier alpha value is -0.650. The lowest BCUT2D eigenvalue weighted by Gasteiger charge is -2.15. The van der Waals surface area contributed by atoms with Crippen molar-refractivity contribution in [1.29, 1.82) is 0 Å². The van der Waals surface area contributed by atoms with E-state index in [2.05, 4.69) is 24.5 Å². The second-order valence-corrected chi connectivity index (χ2v) is 4.48. The number of methoxy groups -OCH3 is 2. The van der Waals surface area contributed by atoms with Crippen molar-refractivity contribution in [1.82, 2.24) is 10.6 Å². The molecule has 0 aliphatic rings. The normalized spacial score (nSPS) is 12.8. The highest BCUT2D eigenvalue weighted by Crippen LogP contribution is 1.95. The number of hydrogen-bond acceptors (Lipinski definition) is 4. The fourth-order valence-electron chi connectivity index (χ4n) is 1.31. The molecule has 5 heteroatoms. The van der Waals surface area contributed by atoms with Gasteiger partial charge < -0.3 is 20.1 Å². The zero-order valence-electron chi connectivity index (χ0n) is 11.4. The van der Waals surface area contributed by atoms with Gasteiger partial charge in [0.05, 0.1) is 19.3 Å². The lowest BCUT2D eigenvalue weighted by Crippen LogP contribution is -2.39. The van der Waals surface area contributed by atoms with E-state index in [9.17, 15) is 4.79 Å². The predicted molar refractivity (Wildman–Crippen MR) is 68.0 cm³/mol. The molecule has 0 aromatic carbocycles. The number of carbonyl (C=O) groups excluding carboxylic acids is 1. The summed E-state index contributed by atoms with van der Waals surface area (Å²) in [6, 6.07) is 0. The molecule has 1 amide bonds. The first kappa shape index (κ1) is 16.4. The lowest BCUT2D eigenvalue weighted by molar-refractivity contribution is -0.120. The van der Waals surface area contributed by atoms with E-state index in [0.29, 0.717) is 25.6 Å². The van der Waals surface area contributed by atoms with Crippen LogP contribution in [0.5, 0.6) is 0 Å². The summed E-state index contributed by atoms with van der Waals surface area (Å²) < 4.78 is 10.1. The van der Waals surface area contributed by atoms with Gasteiger partial charge in [0, 0.05) is 27.3 Å². The van der Waals surface area contributed by atoms with Crippen LogP contribution in [0.15, 0.2) is 0 Å². The van der Waals surface area contributed by atoms with Gasteiger partial charge in [0.25, 0.3) is 0 Å². The Morgan fingerprint density at radius 3 is 2.53 bits per heavy atom. The van der Waals surface area contributed by atoms with Crippen LogP contribution < -0.4 is 10.6 Å². The Balaban J connectivity index is 3.49. The number of hydrogen-bond donors (Lipinski definition) is 2. The number of ether oxygens (including phenoxy) is 2. The summed E-state index contributed by atoms with van der Waals surface area (Å²) >= 11 is 0. The summed E-state index contributed by atoms with van der Waals surface area (Å²) in [4.78, 5) is 11.4.